The summed E-state index contributed by atoms with van der Waals surface area (Å²) in [4.78, 5) is 18.4. The van der Waals surface area contributed by atoms with E-state index in [2.05, 4.69) is 20.9 Å². The van der Waals surface area contributed by atoms with Gasteiger partial charge in [0.25, 0.3) is 0 Å². The van der Waals surface area contributed by atoms with Gasteiger partial charge in [-0.2, -0.15) is 0 Å². The number of carbonyl (C=O) groups excluding carboxylic acids is 1. The van der Waals surface area contributed by atoms with E-state index in [9.17, 15) is 4.79 Å². The van der Waals surface area contributed by atoms with Crippen LogP contribution >= 0.6 is 27.3 Å². The fraction of sp³-hybridized carbons (Fsp3) is 0.714. The summed E-state index contributed by atoms with van der Waals surface area (Å²) in [6.45, 7) is 6.52. The lowest BCUT2D eigenvalue weighted by molar-refractivity contribution is 0.0220. The monoisotopic (exact) mass is 360 g/mol. The Morgan fingerprint density at radius 2 is 2.35 bits per heavy atom. The smallest absolute Gasteiger partial charge is 0.410 e. The van der Waals surface area contributed by atoms with Gasteiger partial charge in [-0.3, -0.25) is 0 Å². The molecule has 4 nitrogen and oxygen atoms in total. The van der Waals surface area contributed by atoms with Gasteiger partial charge in [0, 0.05) is 19.0 Å². The second-order valence-corrected chi connectivity index (χ2v) is 8.56. The van der Waals surface area contributed by atoms with Crippen molar-refractivity contribution in [1.82, 2.24) is 9.88 Å². The van der Waals surface area contributed by atoms with Crippen molar-refractivity contribution in [2.45, 2.75) is 58.1 Å². The molecule has 0 aromatic carbocycles. The van der Waals surface area contributed by atoms with Crippen LogP contribution < -0.4 is 0 Å². The Bertz CT molecular complexity index is 470. The first-order valence-electron chi connectivity index (χ1n) is 6.95. The number of ether oxygens (including phenoxy) is 1. The molecule has 1 aromatic heterocycles. The van der Waals surface area contributed by atoms with E-state index in [1.807, 2.05) is 31.9 Å². The molecule has 1 aromatic rings. The largest absolute Gasteiger partial charge is 0.444 e. The van der Waals surface area contributed by atoms with Crippen molar-refractivity contribution in [2.24, 2.45) is 0 Å². The maximum atomic E-state index is 12.2. The molecular formula is C14H21BrN2O2S. The van der Waals surface area contributed by atoms with Crippen LogP contribution in [0.1, 0.15) is 45.0 Å². The van der Waals surface area contributed by atoms with Crippen LogP contribution in [-0.2, 0) is 11.2 Å². The molecule has 0 bridgehead atoms. The topological polar surface area (TPSA) is 42.4 Å². The van der Waals surface area contributed by atoms with Crippen LogP contribution in [0.2, 0.25) is 0 Å². The van der Waals surface area contributed by atoms with Crippen LogP contribution in [0.5, 0.6) is 0 Å². The summed E-state index contributed by atoms with van der Waals surface area (Å²) in [5.41, 5.74) is -0.426. The third kappa shape index (κ3) is 4.45. The van der Waals surface area contributed by atoms with Gasteiger partial charge in [0.05, 0.1) is 15.0 Å². The van der Waals surface area contributed by atoms with E-state index < -0.39 is 5.60 Å². The highest BCUT2D eigenvalue weighted by Gasteiger charge is 2.31. The van der Waals surface area contributed by atoms with Crippen molar-refractivity contribution in [2.75, 3.05) is 6.54 Å². The number of halogens is 1. The fourth-order valence-corrected chi connectivity index (χ4v) is 3.71. The van der Waals surface area contributed by atoms with E-state index in [0.29, 0.717) is 0 Å². The molecule has 6 heteroatoms. The minimum Gasteiger partial charge on any atom is -0.444 e. The summed E-state index contributed by atoms with van der Waals surface area (Å²) in [5.74, 6) is 0. The molecule has 1 fully saturated rings. The molecule has 1 atom stereocenters. The molecule has 1 unspecified atom stereocenters. The number of hydrogen-bond donors (Lipinski definition) is 0. The molecule has 1 aliphatic rings. The molecule has 0 aliphatic carbocycles. The first-order chi connectivity index (χ1) is 9.35. The Morgan fingerprint density at radius 3 is 2.95 bits per heavy atom. The van der Waals surface area contributed by atoms with Gasteiger partial charge in [-0.1, -0.05) is 0 Å². The number of rotatable bonds is 3. The number of nitrogens with zero attached hydrogens (tertiary/aromatic N) is 2. The third-order valence-electron chi connectivity index (χ3n) is 3.22. The number of thiazole rings is 1. The van der Waals surface area contributed by atoms with Gasteiger partial charge in [0.15, 0.2) is 0 Å². The highest BCUT2D eigenvalue weighted by Crippen LogP contribution is 2.26. The average molecular weight is 361 g/mol. The minimum atomic E-state index is -0.426. The van der Waals surface area contributed by atoms with Gasteiger partial charge < -0.3 is 9.64 Å². The first kappa shape index (κ1) is 15.8. The Balaban J connectivity index is 1.88. The molecule has 2 rings (SSSR count). The predicted octanol–water partition coefficient (Wildman–Crippen LogP) is 4.24. The van der Waals surface area contributed by atoms with Crippen molar-refractivity contribution in [3.63, 3.8) is 0 Å². The molecule has 0 radical (unpaired) electrons. The lowest BCUT2D eigenvalue weighted by atomic mass is 10.1. The second kappa shape index (κ2) is 6.43. The van der Waals surface area contributed by atoms with Gasteiger partial charge >= 0.3 is 6.09 Å². The molecule has 0 spiro atoms. The van der Waals surface area contributed by atoms with Gasteiger partial charge in [-0.05, 0) is 56.0 Å². The lowest BCUT2D eigenvalue weighted by Crippen LogP contribution is -2.40. The van der Waals surface area contributed by atoms with Gasteiger partial charge in [-0.25, -0.2) is 9.78 Å². The third-order valence-corrected chi connectivity index (χ3v) is 4.76. The average Bonchev–Trinajstić information content (AvgIpc) is 2.92. The predicted molar refractivity (Wildman–Crippen MR) is 84.1 cm³/mol. The molecule has 1 amide bonds. The number of amides is 1. The number of likely N-dealkylation sites (tertiary alicyclic amines) is 1. The summed E-state index contributed by atoms with van der Waals surface area (Å²) >= 11 is 5.09. The number of carbonyl (C=O) groups is 1. The van der Waals surface area contributed by atoms with Crippen LogP contribution in [0, 0.1) is 0 Å². The van der Waals surface area contributed by atoms with Gasteiger partial charge in [-0.15, -0.1) is 11.3 Å². The van der Waals surface area contributed by atoms with E-state index in [0.717, 1.165) is 41.0 Å². The molecule has 1 saturated heterocycles. The van der Waals surface area contributed by atoms with Crippen LogP contribution in [-0.4, -0.2) is 34.2 Å². The zero-order valence-corrected chi connectivity index (χ0v) is 14.6. The van der Waals surface area contributed by atoms with E-state index in [-0.39, 0.29) is 12.1 Å². The van der Waals surface area contributed by atoms with Gasteiger partial charge in [0.2, 0.25) is 0 Å². The highest BCUT2D eigenvalue weighted by molar-refractivity contribution is 9.11. The molecule has 2 heterocycles. The normalized spacial score (nSPS) is 19.4. The van der Waals surface area contributed by atoms with Crippen molar-refractivity contribution >= 4 is 33.4 Å². The van der Waals surface area contributed by atoms with Crippen LogP contribution in [0.15, 0.2) is 9.98 Å². The number of hydrogen-bond acceptors (Lipinski definition) is 4. The standard InChI is InChI=1S/C14H21BrN2O2S/c1-14(2,3)19-13(18)17-8-4-5-10(17)6-7-12-16-9-11(15)20-12/h9-10H,4-8H2,1-3H3. The first-order valence-corrected chi connectivity index (χ1v) is 8.56. The van der Waals surface area contributed by atoms with Crippen molar-refractivity contribution in [1.29, 1.82) is 0 Å². The Labute approximate surface area is 132 Å². The van der Waals surface area contributed by atoms with Crippen LogP contribution in [0.4, 0.5) is 4.79 Å². The van der Waals surface area contributed by atoms with Crippen molar-refractivity contribution in [3.05, 3.63) is 15.0 Å². The van der Waals surface area contributed by atoms with Crippen LogP contribution in [0.25, 0.3) is 0 Å². The SMILES string of the molecule is CC(C)(C)OC(=O)N1CCCC1CCc1ncc(Br)s1. The molecular weight excluding hydrogens is 340 g/mol. The highest BCUT2D eigenvalue weighted by atomic mass is 79.9. The lowest BCUT2D eigenvalue weighted by Gasteiger charge is -2.28. The van der Waals surface area contributed by atoms with E-state index in [4.69, 9.17) is 4.74 Å². The van der Waals surface area contributed by atoms with E-state index in [1.54, 1.807) is 11.3 Å². The molecule has 0 N–H and O–H groups in total. The zero-order valence-electron chi connectivity index (χ0n) is 12.2. The quantitative estimate of drug-likeness (QED) is 0.809. The molecule has 0 saturated carbocycles. The zero-order chi connectivity index (χ0) is 14.8. The van der Waals surface area contributed by atoms with Crippen LogP contribution in [0.3, 0.4) is 0 Å². The second-order valence-electron chi connectivity index (χ2n) is 6.07. The molecule has 20 heavy (non-hydrogen) atoms. The van der Waals surface area contributed by atoms with E-state index >= 15 is 0 Å². The Morgan fingerprint density at radius 1 is 1.60 bits per heavy atom. The summed E-state index contributed by atoms with van der Waals surface area (Å²) in [6, 6.07) is 0.285. The minimum absolute atomic E-state index is 0.180. The Kier molecular flexibility index (Phi) is 5.07. The van der Waals surface area contributed by atoms with E-state index in [1.165, 1.54) is 0 Å². The van der Waals surface area contributed by atoms with Gasteiger partial charge in [0.1, 0.15) is 5.60 Å². The summed E-state index contributed by atoms with van der Waals surface area (Å²) < 4.78 is 6.53. The number of aryl methyl sites for hydroxylation is 1. The maximum Gasteiger partial charge on any atom is 0.410 e. The maximum absolute atomic E-state index is 12.2. The summed E-state index contributed by atoms with van der Waals surface area (Å²) in [5, 5.41) is 1.12. The summed E-state index contributed by atoms with van der Waals surface area (Å²) in [6.07, 6.45) is 5.65. The Hall–Kier alpha value is -0.620. The molecule has 112 valence electrons. The molecule has 1 aliphatic heterocycles. The summed E-state index contributed by atoms with van der Waals surface area (Å²) in [7, 11) is 0. The fourth-order valence-electron chi connectivity index (χ4n) is 2.39. The number of aromatic nitrogens is 1. The van der Waals surface area contributed by atoms with Crippen molar-refractivity contribution in [3.8, 4) is 0 Å². The van der Waals surface area contributed by atoms with Crippen molar-refractivity contribution < 1.29 is 9.53 Å².